The topological polar surface area (TPSA) is 74.3 Å². The number of rotatable bonds is 4. The summed E-state index contributed by atoms with van der Waals surface area (Å²) in [6, 6.07) is 0. The Morgan fingerprint density at radius 3 is 2.50 bits per heavy atom. The van der Waals surface area contributed by atoms with Crippen LogP contribution in [0.5, 0.6) is 0 Å². The minimum absolute atomic E-state index is 0.136. The van der Waals surface area contributed by atoms with Crippen LogP contribution in [0.25, 0.3) is 0 Å². The van der Waals surface area contributed by atoms with Gasteiger partial charge in [-0.25, -0.2) is 0 Å². The van der Waals surface area contributed by atoms with E-state index in [1.807, 2.05) is 4.68 Å². The second-order valence-electron chi connectivity index (χ2n) is 7.55. The van der Waals surface area contributed by atoms with Crippen LogP contribution >= 0.6 is 0 Å². The van der Waals surface area contributed by atoms with Crippen LogP contribution in [-0.2, 0) is 23.9 Å². The molecule has 7 nitrogen and oxygen atoms in total. The van der Waals surface area contributed by atoms with Gasteiger partial charge in [0.15, 0.2) is 5.82 Å². The van der Waals surface area contributed by atoms with Crippen LogP contribution in [0.3, 0.4) is 0 Å². The summed E-state index contributed by atoms with van der Waals surface area (Å²) in [5.74, 6) is 0.749. The lowest BCUT2D eigenvalue weighted by Crippen LogP contribution is -2.24. The molecule has 0 N–H and O–H groups in total. The highest BCUT2D eigenvalue weighted by atomic mass is 15.6. The van der Waals surface area contributed by atoms with E-state index in [-0.39, 0.29) is 11.0 Å². The molecule has 2 aromatic heterocycles. The molecule has 3 rings (SSSR count). The number of hydrogen-bond acceptors (Lipinski definition) is 5. The largest absolute Gasteiger partial charge is 0.252 e. The van der Waals surface area contributed by atoms with Crippen LogP contribution in [-0.4, -0.2) is 35.2 Å². The molecule has 0 aromatic carbocycles. The van der Waals surface area contributed by atoms with Gasteiger partial charge in [0.25, 0.3) is 0 Å². The van der Waals surface area contributed by atoms with Gasteiger partial charge in [-0.3, -0.25) is 4.68 Å². The number of aryl methyl sites for hydroxylation is 2. The molecule has 120 valence electrons. The Morgan fingerprint density at radius 2 is 1.86 bits per heavy atom. The van der Waals surface area contributed by atoms with Crippen molar-refractivity contribution in [2.45, 2.75) is 77.3 Å². The molecule has 0 aliphatic heterocycles. The van der Waals surface area contributed by atoms with E-state index >= 15 is 0 Å². The zero-order valence-corrected chi connectivity index (χ0v) is 14.0. The van der Waals surface area contributed by atoms with Crippen molar-refractivity contribution >= 4 is 0 Å². The van der Waals surface area contributed by atoms with Gasteiger partial charge in [0.1, 0.15) is 0 Å². The first kappa shape index (κ1) is 15.1. The Bertz CT molecular complexity index is 628. The molecule has 2 heterocycles. The third-order valence-electron chi connectivity index (χ3n) is 4.48. The second kappa shape index (κ2) is 5.44. The molecule has 0 bridgehead atoms. The lowest BCUT2D eigenvalue weighted by atomic mass is 9.86. The van der Waals surface area contributed by atoms with Crippen LogP contribution < -0.4 is 0 Å². The van der Waals surface area contributed by atoms with Crippen LogP contribution in [0.1, 0.15) is 64.9 Å². The van der Waals surface area contributed by atoms with Gasteiger partial charge in [-0.05, 0) is 38.8 Å². The second-order valence-corrected chi connectivity index (χ2v) is 7.55. The fourth-order valence-electron chi connectivity index (χ4n) is 2.94. The Kier molecular flexibility index (Phi) is 3.74. The van der Waals surface area contributed by atoms with Crippen molar-refractivity contribution in [3.05, 3.63) is 17.7 Å². The van der Waals surface area contributed by atoms with Gasteiger partial charge in [0.05, 0.1) is 11.2 Å². The smallest absolute Gasteiger partial charge is 0.176 e. The predicted molar refractivity (Wildman–Crippen MR) is 82.4 cm³/mol. The average molecular weight is 303 g/mol. The zero-order valence-electron chi connectivity index (χ0n) is 14.0. The van der Waals surface area contributed by atoms with Crippen LogP contribution in [0, 0.1) is 0 Å². The Labute approximate surface area is 131 Å². The van der Waals surface area contributed by atoms with E-state index < -0.39 is 0 Å². The van der Waals surface area contributed by atoms with Crippen molar-refractivity contribution in [2.75, 3.05) is 0 Å². The molecule has 0 radical (unpaired) electrons. The quantitative estimate of drug-likeness (QED) is 0.864. The standard InChI is InChI=1S/C15H25N7/c1-14(2,3)22-18-13(17-20-22)7-10-21-11-12(16-19-21)15(4)8-5-6-9-15/h11H,5-10H2,1-4H3. The summed E-state index contributed by atoms with van der Waals surface area (Å²) >= 11 is 0. The molecule has 22 heavy (non-hydrogen) atoms. The summed E-state index contributed by atoms with van der Waals surface area (Å²) in [7, 11) is 0. The summed E-state index contributed by atoms with van der Waals surface area (Å²) in [6.45, 7) is 9.21. The molecule has 0 saturated heterocycles. The lowest BCUT2D eigenvalue weighted by Gasteiger charge is -2.19. The van der Waals surface area contributed by atoms with E-state index in [0.29, 0.717) is 0 Å². The minimum atomic E-state index is -0.136. The maximum atomic E-state index is 4.43. The molecule has 1 aliphatic carbocycles. The molecule has 1 aliphatic rings. The third-order valence-corrected chi connectivity index (χ3v) is 4.48. The van der Waals surface area contributed by atoms with Crippen LogP contribution in [0.15, 0.2) is 6.20 Å². The number of tetrazole rings is 1. The predicted octanol–water partition coefficient (Wildman–Crippen LogP) is 2.09. The molecular weight excluding hydrogens is 278 g/mol. The van der Waals surface area contributed by atoms with Crippen molar-refractivity contribution in [1.82, 2.24) is 35.2 Å². The van der Waals surface area contributed by atoms with E-state index in [2.05, 4.69) is 59.6 Å². The minimum Gasteiger partial charge on any atom is -0.252 e. The maximum absolute atomic E-state index is 4.43. The van der Waals surface area contributed by atoms with Crippen molar-refractivity contribution < 1.29 is 0 Å². The molecule has 0 atom stereocenters. The first-order valence-electron chi connectivity index (χ1n) is 8.07. The molecular formula is C15H25N7. The summed E-state index contributed by atoms with van der Waals surface area (Å²) in [5.41, 5.74) is 1.20. The monoisotopic (exact) mass is 303 g/mol. The van der Waals surface area contributed by atoms with E-state index in [4.69, 9.17) is 0 Å². The van der Waals surface area contributed by atoms with Gasteiger partial charge in [0, 0.05) is 24.6 Å². The molecule has 0 unspecified atom stereocenters. The van der Waals surface area contributed by atoms with Crippen LogP contribution in [0.4, 0.5) is 0 Å². The van der Waals surface area contributed by atoms with Gasteiger partial charge in [-0.15, -0.1) is 15.3 Å². The molecule has 1 saturated carbocycles. The highest BCUT2D eigenvalue weighted by Crippen LogP contribution is 2.39. The van der Waals surface area contributed by atoms with Gasteiger partial charge >= 0.3 is 0 Å². The molecule has 0 amide bonds. The Balaban J connectivity index is 1.62. The fourth-order valence-corrected chi connectivity index (χ4v) is 2.94. The molecule has 7 heteroatoms. The Morgan fingerprint density at radius 1 is 1.14 bits per heavy atom. The summed E-state index contributed by atoms with van der Waals surface area (Å²) in [4.78, 5) is 1.66. The normalized spacial score (nSPS) is 18.0. The SMILES string of the molecule is CC1(c2cn(CCc3nnn(C(C)(C)C)n3)nn2)CCCC1. The van der Waals surface area contributed by atoms with Gasteiger partial charge < -0.3 is 0 Å². The van der Waals surface area contributed by atoms with Gasteiger partial charge in [-0.1, -0.05) is 25.0 Å². The summed E-state index contributed by atoms with van der Waals surface area (Å²) in [5, 5.41) is 21.3. The Hall–Kier alpha value is -1.79. The van der Waals surface area contributed by atoms with Crippen molar-refractivity contribution in [3.63, 3.8) is 0 Å². The molecule has 1 fully saturated rings. The van der Waals surface area contributed by atoms with Crippen molar-refractivity contribution in [2.24, 2.45) is 0 Å². The first-order valence-corrected chi connectivity index (χ1v) is 8.07. The van der Waals surface area contributed by atoms with Crippen molar-refractivity contribution in [3.8, 4) is 0 Å². The highest BCUT2D eigenvalue weighted by Gasteiger charge is 2.33. The highest BCUT2D eigenvalue weighted by molar-refractivity contribution is 5.12. The van der Waals surface area contributed by atoms with E-state index in [9.17, 15) is 0 Å². The van der Waals surface area contributed by atoms with Gasteiger partial charge in [-0.2, -0.15) is 4.80 Å². The van der Waals surface area contributed by atoms with E-state index in [1.54, 1.807) is 4.80 Å². The first-order chi connectivity index (χ1) is 10.4. The molecule has 0 spiro atoms. The van der Waals surface area contributed by atoms with Crippen LogP contribution in [0.2, 0.25) is 0 Å². The summed E-state index contributed by atoms with van der Waals surface area (Å²) < 4.78 is 1.90. The maximum Gasteiger partial charge on any atom is 0.176 e. The van der Waals surface area contributed by atoms with Gasteiger partial charge in [0.2, 0.25) is 0 Å². The number of aromatic nitrogens is 7. The zero-order chi connectivity index (χ0) is 15.8. The van der Waals surface area contributed by atoms with E-state index in [0.717, 1.165) is 24.5 Å². The average Bonchev–Trinajstić information content (AvgIpc) is 3.16. The van der Waals surface area contributed by atoms with Crippen molar-refractivity contribution in [1.29, 1.82) is 0 Å². The number of nitrogens with zero attached hydrogens (tertiary/aromatic N) is 7. The van der Waals surface area contributed by atoms with E-state index in [1.165, 1.54) is 25.7 Å². The lowest BCUT2D eigenvalue weighted by molar-refractivity contribution is 0.305. The summed E-state index contributed by atoms with van der Waals surface area (Å²) in [6.07, 6.45) is 7.82. The number of hydrogen-bond donors (Lipinski definition) is 0. The third kappa shape index (κ3) is 3.03. The molecule has 2 aromatic rings. The fraction of sp³-hybridized carbons (Fsp3) is 0.800.